The second-order valence-corrected chi connectivity index (χ2v) is 3.03. The summed E-state index contributed by atoms with van der Waals surface area (Å²) in [6.45, 7) is 4.09. The largest absolute Gasteiger partial charge is 0.484 e. The van der Waals surface area contributed by atoms with Crippen molar-refractivity contribution in [3.63, 3.8) is 0 Å². The molecule has 1 atom stereocenters. The Hall–Kier alpha value is -1.05. The summed E-state index contributed by atoms with van der Waals surface area (Å²) in [5.74, 6) is 1.21. The van der Waals surface area contributed by atoms with E-state index in [1.54, 1.807) is 7.11 Å². The number of methoxy groups -OCH3 is 1. The van der Waals surface area contributed by atoms with Crippen molar-refractivity contribution in [1.82, 2.24) is 0 Å². The molecule has 0 bridgehead atoms. The summed E-state index contributed by atoms with van der Waals surface area (Å²) in [6, 6.07) is 0. The molecule has 1 aliphatic rings. The second kappa shape index (κ2) is 4.10. The van der Waals surface area contributed by atoms with E-state index in [9.17, 15) is 0 Å². The second-order valence-electron chi connectivity index (χ2n) is 3.03. The number of ether oxygens (including phenoxy) is 1. The third-order valence-corrected chi connectivity index (χ3v) is 1.88. The molecule has 12 heavy (non-hydrogen) atoms. The van der Waals surface area contributed by atoms with Gasteiger partial charge in [-0.2, -0.15) is 0 Å². The monoisotopic (exact) mass is 165 g/mol. The minimum Gasteiger partial charge on any atom is -0.484 e. The normalized spacial score (nSPS) is 30.8. The zero-order chi connectivity index (χ0) is 8.97. The molecule has 0 radical (unpaired) electrons. The SMILES string of the molecule is COC1=N/C(C)=C\C=C/CC1C. The standard InChI is InChI=1S/C10H15NO/c1-8-6-4-5-7-9(2)11-10(8)12-3/h4-5,7-8H,6H2,1-3H3/b5-4-,9-7-,11-10?. The van der Waals surface area contributed by atoms with Gasteiger partial charge in [0.15, 0.2) is 5.90 Å². The molecule has 1 rings (SSSR count). The molecule has 0 aromatic rings. The average Bonchev–Trinajstić information content (AvgIpc) is 2.05. The van der Waals surface area contributed by atoms with E-state index >= 15 is 0 Å². The van der Waals surface area contributed by atoms with Gasteiger partial charge in [-0.3, -0.25) is 0 Å². The molecule has 0 fully saturated rings. The van der Waals surface area contributed by atoms with E-state index < -0.39 is 0 Å². The van der Waals surface area contributed by atoms with Gasteiger partial charge < -0.3 is 4.74 Å². The Bertz CT molecular complexity index is 238. The van der Waals surface area contributed by atoms with Gasteiger partial charge in [0.1, 0.15) is 0 Å². The number of nitrogens with zero attached hydrogens (tertiary/aromatic N) is 1. The molecule has 1 unspecified atom stereocenters. The summed E-state index contributed by atoms with van der Waals surface area (Å²) in [7, 11) is 1.67. The number of hydrogen-bond acceptors (Lipinski definition) is 2. The molecule has 0 spiro atoms. The Labute approximate surface area is 73.6 Å². The van der Waals surface area contributed by atoms with E-state index in [0.717, 1.165) is 18.0 Å². The van der Waals surface area contributed by atoms with Crippen LogP contribution in [0.25, 0.3) is 0 Å². The van der Waals surface area contributed by atoms with Gasteiger partial charge in [0.2, 0.25) is 0 Å². The summed E-state index contributed by atoms with van der Waals surface area (Å²) in [6.07, 6.45) is 7.17. The predicted molar refractivity (Wildman–Crippen MR) is 51.1 cm³/mol. The topological polar surface area (TPSA) is 21.6 Å². The van der Waals surface area contributed by atoms with Gasteiger partial charge in [0.05, 0.1) is 7.11 Å². The van der Waals surface area contributed by atoms with E-state index in [1.165, 1.54) is 0 Å². The molecule has 2 heteroatoms. The van der Waals surface area contributed by atoms with Crippen molar-refractivity contribution < 1.29 is 4.74 Å². The Morgan fingerprint density at radius 2 is 2.33 bits per heavy atom. The molecule has 0 amide bonds. The molecule has 1 heterocycles. The van der Waals surface area contributed by atoms with Crippen LogP contribution in [0.5, 0.6) is 0 Å². The lowest BCUT2D eigenvalue weighted by Gasteiger charge is -2.12. The van der Waals surface area contributed by atoms with E-state index in [-0.39, 0.29) is 0 Å². The molecule has 66 valence electrons. The van der Waals surface area contributed by atoms with Gasteiger partial charge in [-0.25, -0.2) is 4.99 Å². The first-order valence-electron chi connectivity index (χ1n) is 4.20. The summed E-state index contributed by atoms with van der Waals surface area (Å²) < 4.78 is 5.18. The fourth-order valence-corrected chi connectivity index (χ4v) is 1.16. The van der Waals surface area contributed by atoms with Gasteiger partial charge in [-0.15, -0.1) is 0 Å². The first-order valence-corrected chi connectivity index (χ1v) is 4.20. The number of aliphatic imine (C=N–C) groups is 1. The third kappa shape index (κ3) is 2.22. The Balaban J connectivity index is 2.88. The van der Waals surface area contributed by atoms with Crippen molar-refractivity contribution in [2.75, 3.05) is 7.11 Å². The first kappa shape index (κ1) is 9.04. The van der Waals surface area contributed by atoms with E-state index in [1.807, 2.05) is 19.1 Å². The van der Waals surface area contributed by atoms with Crippen LogP contribution < -0.4 is 0 Å². The maximum atomic E-state index is 5.18. The smallest absolute Gasteiger partial charge is 0.191 e. The van der Waals surface area contributed by atoms with Crippen LogP contribution in [0.3, 0.4) is 0 Å². The Kier molecular flexibility index (Phi) is 3.09. The van der Waals surface area contributed by atoms with Crippen molar-refractivity contribution in [1.29, 1.82) is 0 Å². The van der Waals surface area contributed by atoms with Crippen molar-refractivity contribution in [3.05, 3.63) is 23.9 Å². The van der Waals surface area contributed by atoms with E-state index in [0.29, 0.717) is 5.92 Å². The highest BCUT2D eigenvalue weighted by Gasteiger charge is 2.10. The van der Waals surface area contributed by atoms with Gasteiger partial charge in [0, 0.05) is 11.6 Å². The summed E-state index contributed by atoms with van der Waals surface area (Å²) in [5, 5.41) is 0. The van der Waals surface area contributed by atoms with Crippen LogP contribution in [0.1, 0.15) is 20.3 Å². The lowest BCUT2D eigenvalue weighted by atomic mass is 10.1. The lowest BCUT2D eigenvalue weighted by molar-refractivity contribution is 0.369. The highest BCUT2D eigenvalue weighted by molar-refractivity contribution is 5.79. The molecule has 0 aliphatic carbocycles. The summed E-state index contributed by atoms with van der Waals surface area (Å²) >= 11 is 0. The molecule has 2 nitrogen and oxygen atoms in total. The molecule has 0 aromatic carbocycles. The minimum absolute atomic E-state index is 0.384. The maximum absolute atomic E-state index is 5.18. The van der Waals surface area contributed by atoms with Gasteiger partial charge in [-0.1, -0.05) is 19.1 Å². The summed E-state index contributed by atoms with van der Waals surface area (Å²) in [5.41, 5.74) is 0.995. The van der Waals surface area contributed by atoms with Crippen LogP contribution in [0.2, 0.25) is 0 Å². The fraction of sp³-hybridized carbons (Fsp3) is 0.500. The van der Waals surface area contributed by atoms with Crippen LogP contribution in [-0.2, 0) is 4.74 Å². The minimum atomic E-state index is 0.384. The predicted octanol–water partition coefficient (Wildman–Crippen LogP) is 2.53. The van der Waals surface area contributed by atoms with Gasteiger partial charge in [0.25, 0.3) is 0 Å². The summed E-state index contributed by atoms with van der Waals surface area (Å²) in [4.78, 5) is 4.34. The highest BCUT2D eigenvalue weighted by Crippen LogP contribution is 2.12. The van der Waals surface area contributed by atoms with Crippen molar-refractivity contribution in [3.8, 4) is 0 Å². The zero-order valence-electron chi connectivity index (χ0n) is 7.87. The molecule has 0 saturated heterocycles. The lowest BCUT2D eigenvalue weighted by Crippen LogP contribution is -2.13. The van der Waals surface area contributed by atoms with Crippen LogP contribution in [-0.4, -0.2) is 13.0 Å². The molecule has 1 aliphatic heterocycles. The van der Waals surface area contributed by atoms with Crippen LogP contribution in [0, 0.1) is 5.92 Å². The van der Waals surface area contributed by atoms with Crippen molar-refractivity contribution in [2.45, 2.75) is 20.3 Å². The van der Waals surface area contributed by atoms with Crippen LogP contribution in [0.15, 0.2) is 28.9 Å². The number of rotatable bonds is 0. The van der Waals surface area contributed by atoms with Crippen molar-refractivity contribution >= 4 is 5.90 Å². The van der Waals surface area contributed by atoms with Gasteiger partial charge in [-0.05, 0) is 19.4 Å². The quantitative estimate of drug-likeness (QED) is 0.540. The van der Waals surface area contributed by atoms with Crippen LogP contribution in [0.4, 0.5) is 0 Å². The molecular weight excluding hydrogens is 150 g/mol. The molecule has 0 saturated carbocycles. The molecule has 0 N–H and O–H groups in total. The number of allylic oxidation sites excluding steroid dienone is 4. The van der Waals surface area contributed by atoms with Crippen LogP contribution >= 0.6 is 0 Å². The molecule has 0 aromatic heterocycles. The van der Waals surface area contributed by atoms with E-state index in [2.05, 4.69) is 18.0 Å². The van der Waals surface area contributed by atoms with Gasteiger partial charge >= 0.3 is 0 Å². The maximum Gasteiger partial charge on any atom is 0.191 e. The Morgan fingerprint density at radius 1 is 1.58 bits per heavy atom. The first-order chi connectivity index (χ1) is 5.74. The Morgan fingerprint density at radius 3 is 3.00 bits per heavy atom. The fourth-order valence-electron chi connectivity index (χ4n) is 1.16. The average molecular weight is 165 g/mol. The highest BCUT2D eigenvalue weighted by atomic mass is 16.5. The zero-order valence-corrected chi connectivity index (χ0v) is 7.87. The van der Waals surface area contributed by atoms with E-state index in [4.69, 9.17) is 4.74 Å². The third-order valence-electron chi connectivity index (χ3n) is 1.88. The van der Waals surface area contributed by atoms with Crippen molar-refractivity contribution in [2.24, 2.45) is 10.9 Å². The number of hydrogen-bond donors (Lipinski definition) is 0. The molecular formula is C10H15NO.